The number of amides is 1. The minimum Gasteiger partial charge on any atom is -0.508 e. The Bertz CT molecular complexity index is 412. The highest BCUT2D eigenvalue weighted by molar-refractivity contribution is 5.78. The second-order valence-electron chi connectivity index (χ2n) is 4.62. The van der Waals surface area contributed by atoms with Gasteiger partial charge in [0.1, 0.15) is 5.75 Å². The summed E-state index contributed by atoms with van der Waals surface area (Å²) >= 11 is 0. The van der Waals surface area contributed by atoms with Gasteiger partial charge in [-0.15, -0.1) is 0 Å². The number of hydrogen-bond acceptors (Lipinski definition) is 2. The first-order valence-corrected chi connectivity index (χ1v) is 5.67. The number of phenolic OH excluding ortho intramolecular Hbond substituents is 1. The van der Waals surface area contributed by atoms with Crippen molar-refractivity contribution < 1.29 is 9.90 Å². The summed E-state index contributed by atoms with van der Waals surface area (Å²) in [6, 6.07) is 5.41. The zero-order valence-electron chi connectivity index (χ0n) is 9.73. The second-order valence-corrected chi connectivity index (χ2v) is 4.62. The molecular weight excluding hydrogens is 202 g/mol. The third-order valence-electron chi connectivity index (χ3n) is 3.01. The molecule has 1 aromatic carbocycles. The molecule has 1 aliphatic heterocycles. The van der Waals surface area contributed by atoms with Crippen LogP contribution in [0.25, 0.3) is 0 Å². The Balaban J connectivity index is 2.20. The summed E-state index contributed by atoms with van der Waals surface area (Å²) in [7, 11) is 0. The SMILES string of the molecule is CC(C)C(=O)N1CCc2ccc(O)cc2C1. The van der Waals surface area contributed by atoms with Crippen LogP contribution in [0.15, 0.2) is 18.2 Å². The number of benzene rings is 1. The monoisotopic (exact) mass is 219 g/mol. The smallest absolute Gasteiger partial charge is 0.225 e. The van der Waals surface area contributed by atoms with Gasteiger partial charge in [-0.05, 0) is 29.7 Å². The Labute approximate surface area is 95.7 Å². The van der Waals surface area contributed by atoms with E-state index in [2.05, 4.69) is 0 Å². The third kappa shape index (κ3) is 2.03. The first kappa shape index (κ1) is 11.0. The normalized spacial score (nSPS) is 15.1. The lowest BCUT2D eigenvalue weighted by atomic mass is 9.98. The van der Waals surface area contributed by atoms with Gasteiger partial charge in [0.2, 0.25) is 5.91 Å². The largest absolute Gasteiger partial charge is 0.508 e. The molecule has 0 fully saturated rings. The summed E-state index contributed by atoms with van der Waals surface area (Å²) in [5, 5.41) is 9.42. The maximum absolute atomic E-state index is 11.9. The Morgan fingerprint density at radius 3 is 2.81 bits per heavy atom. The fraction of sp³-hybridized carbons (Fsp3) is 0.462. The lowest BCUT2D eigenvalue weighted by molar-refractivity contribution is -0.135. The first-order chi connectivity index (χ1) is 7.58. The average molecular weight is 219 g/mol. The molecule has 2 rings (SSSR count). The van der Waals surface area contributed by atoms with E-state index in [4.69, 9.17) is 0 Å². The van der Waals surface area contributed by atoms with Gasteiger partial charge in [-0.3, -0.25) is 4.79 Å². The Morgan fingerprint density at radius 2 is 2.12 bits per heavy atom. The predicted octanol–water partition coefficient (Wildman–Crippen LogP) is 1.93. The molecule has 0 atom stereocenters. The van der Waals surface area contributed by atoms with Gasteiger partial charge in [0, 0.05) is 19.0 Å². The van der Waals surface area contributed by atoms with Crippen LogP contribution < -0.4 is 0 Å². The maximum atomic E-state index is 11.9. The van der Waals surface area contributed by atoms with Crippen molar-refractivity contribution in [3.8, 4) is 5.75 Å². The molecule has 0 aliphatic carbocycles. The molecule has 0 saturated heterocycles. The number of aromatic hydroxyl groups is 1. The van der Waals surface area contributed by atoms with E-state index in [9.17, 15) is 9.90 Å². The molecule has 1 heterocycles. The van der Waals surface area contributed by atoms with Crippen molar-refractivity contribution in [2.75, 3.05) is 6.54 Å². The number of fused-ring (bicyclic) bond motifs is 1. The summed E-state index contributed by atoms with van der Waals surface area (Å²) in [4.78, 5) is 13.7. The number of carbonyl (C=O) groups excluding carboxylic acids is 1. The van der Waals surface area contributed by atoms with E-state index in [0.29, 0.717) is 6.54 Å². The van der Waals surface area contributed by atoms with Crippen LogP contribution in [-0.2, 0) is 17.8 Å². The summed E-state index contributed by atoms with van der Waals surface area (Å²) in [6.45, 7) is 5.25. The molecule has 1 amide bonds. The van der Waals surface area contributed by atoms with Gasteiger partial charge in [-0.1, -0.05) is 19.9 Å². The van der Waals surface area contributed by atoms with Gasteiger partial charge < -0.3 is 10.0 Å². The topological polar surface area (TPSA) is 40.5 Å². The van der Waals surface area contributed by atoms with Crippen LogP contribution in [0.5, 0.6) is 5.75 Å². The molecule has 0 aromatic heterocycles. The molecule has 0 radical (unpaired) electrons. The van der Waals surface area contributed by atoms with Crippen molar-refractivity contribution in [1.29, 1.82) is 0 Å². The van der Waals surface area contributed by atoms with E-state index in [1.165, 1.54) is 5.56 Å². The van der Waals surface area contributed by atoms with E-state index in [-0.39, 0.29) is 17.6 Å². The van der Waals surface area contributed by atoms with E-state index >= 15 is 0 Å². The quantitative estimate of drug-likeness (QED) is 0.784. The van der Waals surface area contributed by atoms with Gasteiger partial charge in [-0.25, -0.2) is 0 Å². The van der Waals surface area contributed by atoms with Crippen LogP contribution in [0.3, 0.4) is 0 Å². The molecule has 16 heavy (non-hydrogen) atoms. The van der Waals surface area contributed by atoms with Crippen LogP contribution in [0.2, 0.25) is 0 Å². The molecule has 0 bridgehead atoms. The highest BCUT2D eigenvalue weighted by Gasteiger charge is 2.22. The molecule has 1 aliphatic rings. The van der Waals surface area contributed by atoms with Crippen LogP contribution in [0.1, 0.15) is 25.0 Å². The minimum absolute atomic E-state index is 0.0406. The lowest BCUT2D eigenvalue weighted by Crippen LogP contribution is -2.38. The molecule has 3 heteroatoms. The molecule has 1 N–H and O–H groups in total. The Morgan fingerprint density at radius 1 is 1.38 bits per heavy atom. The first-order valence-electron chi connectivity index (χ1n) is 5.67. The zero-order valence-corrected chi connectivity index (χ0v) is 9.73. The number of nitrogens with zero attached hydrogens (tertiary/aromatic N) is 1. The third-order valence-corrected chi connectivity index (χ3v) is 3.01. The second kappa shape index (κ2) is 4.16. The van der Waals surface area contributed by atoms with Crippen molar-refractivity contribution in [3.63, 3.8) is 0 Å². The van der Waals surface area contributed by atoms with Crippen LogP contribution >= 0.6 is 0 Å². The van der Waals surface area contributed by atoms with E-state index in [1.807, 2.05) is 24.8 Å². The fourth-order valence-electron chi connectivity index (χ4n) is 2.10. The van der Waals surface area contributed by atoms with E-state index in [0.717, 1.165) is 18.5 Å². The summed E-state index contributed by atoms with van der Waals surface area (Å²) in [6.07, 6.45) is 0.883. The molecule has 0 spiro atoms. The predicted molar refractivity (Wildman–Crippen MR) is 62.1 cm³/mol. The van der Waals surface area contributed by atoms with Crippen molar-refractivity contribution in [3.05, 3.63) is 29.3 Å². The number of phenols is 1. The number of carbonyl (C=O) groups is 1. The van der Waals surface area contributed by atoms with Crippen molar-refractivity contribution in [2.24, 2.45) is 5.92 Å². The van der Waals surface area contributed by atoms with Crippen LogP contribution in [-0.4, -0.2) is 22.5 Å². The van der Waals surface area contributed by atoms with Crippen molar-refractivity contribution in [2.45, 2.75) is 26.8 Å². The summed E-state index contributed by atoms with van der Waals surface area (Å²) < 4.78 is 0. The van der Waals surface area contributed by atoms with Gasteiger partial charge >= 0.3 is 0 Å². The van der Waals surface area contributed by atoms with Crippen molar-refractivity contribution >= 4 is 5.91 Å². The van der Waals surface area contributed by atoms with E-state index < -0.39 is 0 Å². The molecule has 1 aromatic rings. The lowest BCUT2D eigenvalue weighted by Gasteiger charge is -2.30. The van der Waals surface area contributed by atoms with Crippen molar-refractivity contribution in [1.82, 2.24) is 4.90 Å². The summed E-state index contributed by atoms with van der Waals surface area (Å²) in [5.41, 5.74) is 2.31. The van der Waals surface area contributed by atoms with E-state index in [1.54, 1.807) is 12.1 Å². The van der Waals surface area contributed by atoms with Crippen LogP contribution in [0.4, 0.5) is 0 Å². The van der Waals surface area contributed by atoms with Gasteiger partial charge in [0.05, 0.1) is 0 Å². The molecule has 86 valence electrons. The van der Waals surface area contributed by atoms with Gasteiger partial charge in [-0.2, -0.15) is 0 Å². The molecular formula is C13H17NO2. The minimum atomic E-state index is 0.0406. The highest BCUT2D eigenvalue weighted by atomic mass is 16.3. The highest BCUT2D eigenvalue weighted by Crippen LogP contribution is 2.23. The Hall–Kier alpha value is -1.51. The molecule has 0 unspecified atom stereocenters. The van der Waals surface area contributed by atoms with Crippen LogP contribution in [0, 0.1) is 5.92 Å². The summed E-state index contributed by atoms with van der Waals surface area (Å²) in [5.74, 6) is 0.505. The number of rotatable bonds is 1. The fourth-order valence-corrected chi connectivity index (χ4v) is 2.10. The van der Waals surface area contributed by atoms with Gasteiger partial charge in [0.25, 0.3) is 0 Å². The molecule has 3 nitrogen and oxygen atoms in total. The average Bonchev–Trinajstić information content (AvgIpc) is 2.26. The zero-order chi connectivity index (χ0) is 11.7. The standard InChI is InChI=1S/C13H17NO2/c1-9(2)13(16)14-6-5-10-3-4-12(15)7-11(10)8-14/h3-4,7,9,15H,5-6,8H2,1-2H3. The maximum Gasteiger partial charge on any atom is 0.225 e. The molecule has 0 saturated carbocycles. The van der Waals surface area contributed by atoms with Gasteiger partial charge in [0.15, 0.2) is 0 Å². The number of hydrogen-bond donors (Lipinski definition) is 1. The Kier molecular flexibility index (Phi) is 2.86.